The molecule has 0 aromatic heterocycles. The standard InChI is InChI=1S/C15H22N2O4/c1-21-11-5-10-16-15(20)17-13(14(18)19)9-8-12-6-3-2-4-7-12/h2-4,6-7,13H,5,8-11H2,1H3,(H,18,19)(H2,16,17,20)/t13-/m0/s1. The van der Waals surface area contributed by atoms with Crippen LogP contribution in [0.2, 0.25) is 0 Å². The van der Waals surface area contributed by atoms with Crippen LogP contribution in [-0.2, 0) is 16.0 Å². The van der Waals surface area contributed by atoms with E-state index in [-0.39, 0.29) is 0 Å². The van der Waals surface area contributed by atoms with Gasteiger partial charge in [0.1, 0.15) is 6.04 Å². The molecule has 3 N–H and O–H groups in total. The largest absolute Gasteiger partial charge is 0.480 e. The van der Waals surface area contributed by atoms with Gasteiger partial charge in [-0.1, -0.05) is 30.3 Å². The van der Waals surface area contributed by atoms with Crippen molar-refractivity contribution in [3.05, 3.63) is 35.9 Å². The van der Waals surface area contributed by atoms with Crippen LogP contribution in [0.5, 0.6) is 0 Å². The van der Waals surface area contributed by atoms with Crippen molar-refractivity contribution in [2.24, 2.45) is 0 Å². The third-order valence-corrected chi connectivity index (χ3v) is 2.98. The third-order valence-electron chi connectivity index (χ3n) is 2.98. The lowest BCUT2D eigenvalue weighted by molar-refractivity contribution is -0.139. The monoisotopic (exact) mass is 294 g/mol. The number of amides is 2. The minimum absolute atomic E-state index is 0.352. The van der Waals surface area contributed by atoms with Gasteiger partial charge < -0.3 is 20.5 Å². The molecule has 0 bridgehead atoms. The topological polar surface area (TPSA) is 87.7 Å². The van der Waals surface area contributed by atoms with Crippen molar-refractivity contribution in [1.82, 2.24) is 10.6 Å². The van der Waals surface area contributed by atoms with Gasteiger partial charge in [0.2, 0.25) is 0 Å². The van der Waals surface area contributed by atoms with Crippen LogP contribution in [0.1, 0.15) is 18.4 Å². The molecule has 1 aromatic carbocycles. The molecule has 116 valence electrons. The van der Waals surface area contributed by atoms with Gasteiger partial charge in [0.25, 0.3) is 0 Å². The van der Waals surface area contributed by atoms with Crippen molar-refractivity contribution < 1.29 is 19.4 Å². The second-order valence-electron chi connectivity index (χ2n) is 4.66. The zero-order valence-electron chi connectivity index (χ0n) is 12.2. The lowest BCUT2D eigenvalue weighted by atomic mass is 10.1. The Kier molecular flexibility index (Phi) is 7.89. The van der Waals surface area contributed by atoms with Crippen molar-refractivity contribution in [1.29, 1.82) is 0 Å². The van der Waals surface area contributed by atoms with E-state index < -0.39 is 18.0 Å². The van der Waals surface area contributed by atoms with Crippen LogP contribution in [0.4, 0.5) is 4.79 Å². The molecule has 0 unspecified atom stereocenters. The Hall–Kier alpha value is -2.08. The first-order chi connectivity index (χ1) is 10.1. The van der Waals surface area contributed by atoms with Gasteiger partial charge in [-0.3, -0.25) is 0 Å². The third kappa shape index (κ3) is 7.31. The van der Waals surface area contributed by atoms with Gasteiger partial charge in [0.05, 0.1) is 0 Å². The van der Waals surface area contributed by atoms with E-state index in [1.54, 1.807) is 7.11 Å². The number of aryl methyl sites for hydroxylation is 1. The maximum absolute atomic E-state index is 11.6. The number of nitrogens with one attached hydrogen (secondary N) is 2. The molecule has 0 saturated carbocycles. The number of aliphatic carboxylic acids is 1. The summed E-state index contributed by atoms with van der Waals surface area (Å²) < 4.78 is 4.86. The van der Waals surface area contributed by atoms with E-state index in [9.17, 15) is 9.59 Å². The predicted octanol–water partition coefficient (Wildman–Crippen LogP) is 1.41. The van der Waals surface area contributed by atoms with Crippen molar-refractivity contribution >= 4 is 12.0 Å². The first-order valence-electron chi connectivity index (χ1n) is 6.93. The minimum atomic E-state index is -1.03. The average Bonchev–Trinajstić information content (AvgIpc) is 2.48. The zero-order chi connectivity index (χ0) is 15.5. The number of carbonyl (C=O) groups excluding carboxylic acids is 1. The van der Waals surface area contributed by atoms with Gasteiger partial charge >= 0.3 is 12.0 Å². The fraction of sp³-hybridized carbons (Fsp3) is 0.467. The number of ether oxygens (including phenoxy) is 1. The maximum atomic E-state index is 11.6. The molecule has 6 nitrogen and oxygen atoms in total. The molecule has 0 aliphatic rings. The van der Waals surface area contributed by atoms with Gasteiger partial charge in [-0.15, -0.1) is 0 Å². The molecule has 1 rings (SSSR count). The van der Waals surface area contributed by atoms with Gasteiger partial charge in [0.15, 0.2) is 0 Å². The summed E-state index contributed by atoms with van der Waals surface area (Å²) >= 11 is 0. The highest BCUT2D eigenvalue weighted by Gasteiger charge is 2.19. The summed E-state index contributed by atoms with van der Waals surface area (Å²) in [7, 11) is 1.59. The van der Waals surface area contributed by atoms with Crippen LogP contribution in [0.3, 0.4) is 0 Å². The number of rotatable bonds is 9. The van der Waals surface area contributed by atoms with E-state index in [0.29, 0.717) is 32.4 Å². The number of methoxy groups -OCH3 is 1. The second-order valence-corrected chi connectivity index (χ2v) is 4.66. The number of hydrogen-bond donors (Lipinski definition) is 3. The lowest BCUT2D eigenvalue weighted by Gasteiger charge is -2.15. The highest BCUT2D eigenvalue weighted by Crippen LogP contribution is 2.05. The summed E-state index contributed by atoms with van der Waals surface area (Å²) in [6.07, 6.45) is 1.64. The van der Waals surface area contributed by atoms with Crippen LogP contribution in [0.25, 0.3) is 0 Å². The molecule has 0 fully saturated rings. The van der Waals surface area contributed by atoms with E-state index in [1.807, 2.05) is 30.3 Å². The van der Waals surface area contributed by atoms with Crippen molar-refractivity contribution in [3.63, 3.8) is 0 Å². The van der Waals surface area contributed by atoms with E-state index in [1.165, 1.54) is 0 Å². The van der Waals surface area contributed by atoms with Crippen LogP contribution in [0, 0.1) is 0 Å². The Morgan fingerprint density at radius 2 is 2.00 bits per heavy atom. The van der Waals surface area contributed by atoms with E-state index in [2.05, 4.69) is 10.6 Å². The van der Waals surface area contributed by atoms with E-state index >= 15 is 0 Å². The Balaban J connectivity index is 2.35. The molecule has 0 radical (unpaired) electrons. The number of hydrogen-bond acceptors (Lipinski definition) is 3. The molecule has 1 atom stereocenters. The van der Waals surface area contributed by atoms with Crippen molar-refractivity contribution in [2.45, 2.75) is 25.3 Å². The Labute approximate surface area is 124 Å². The quantitative estimate of drug-likeness (QED) is 0.601. The van der Waals surface area contributed by atoms with Crippen LogP contribution >= 0.6 is 0 Å². The smallest absolute Gasteiger partial charge is 0.326 e. The summed E-state index contributed by atoms with van der Waals surface area (Å²) in [5.74, 6) is -1.03. The number of benzene rings is 1. The summed E-state index contributed by atoms with van der Waals surface area (Å²) in [6.45, 7) is 1.00. The van der Waals surface area contributed by atoms with Gasteiger partial charge in [-0.2, -0.15) is 0 Å². The average molecular weight is 294 g/mol. The van der Waals surface area contributed by atoms with Crippen molar-refractivity contribution in [3.8, 4) is 0 Å². The molecular formula is C15H22N2O4. The molecule has 21 heavy (non-hydrogen) atoms. The van der Waals surface area contributed by atoms with Crippen LogP contribution in [-0.4, -0.2) is 43.4 Å². The van der Waals surface area contributed by atoms with Gasteiger partial charge in [-0.25, -0.2) is 9.59 Å². The molecule has 1 aromatic rings. The molecule has 0 aliphatic heterocycles. The van der Waals surface area contributed by atoms with E-state index in [4.69, 9.17) is 9.84 Å². The molecule has 0 heterocycles. The molecule has 0 aliphatic carbocycles. The highest BCUT2D eigenvalue weighted by atomic mass is 16.5. The summed E-state index contributed by atoms with van der Waals surface area (Å²) in [5.41, 5.74) is 1.05. The van der Waals surface area contributed by atoms with Crippen molar-refractivity contribution in [2.75, 3.05) is 20.3 Å². The molecular weight excluding hydrogens is 272 g/mol. The molecule has 2 amide bonds. The zero-order valence-corrected chi connectivity index (χ0v) is 12.2. The Bertz CT molecular complexity index is 437. The summed E-state index contributed by atoms with van der Waals surface area (Å²) in [5, 5.41) is 14.2. The molecule has 0 spiro atoms. The summed E-state index contributed by atoms with van der Waals surface area (Å²) in [6, 6.07) is 8.22. The molecule has 0 saturated heterocycles. The summed E-state index contributed by atoms with van der Waals surface area (Å²) in [4.78, 5) is 22.8. The maximum Gasteiger partial charge on any atom is 0.326 e. The van der Waals surface area contributed by atoms with Crippen LogP contribution < -0.4 is 10.6 Å². The number of carboxylic acids is 1. The van der Waals surface area contributed by atoms with E-state index in [0.717, 1.165) is 5.56 Å². The van der Waals surface area contributed by atoms with Crippen LogP contribution in [0.15, 0.2) is 30.3 Å². The molecule has 6 heteroatoms. The Morgan fingerprint density at radius 1 is 1.29 bits per heavy atom. The number of urea groups is 1. The SMILES string of the molecule is COCCCNC(=O)N[C@@H](CCc1ccccc1)C(=O)O. The fourth-order valence-corrected chi connectivity index (χ4v) is 1.84. The normalized spacial score (nSPS) is 11.7. The first-order valence-corrected chi connectivity index (χ1v) is 6.93. The second kappa shape index (κ2) is 9.77. The highest BCUT2D eigenvalue weighted by molar-refractivity contribution is 5.82. The first kappa shape index (κ1) is 17.0. The Morgan fingerprint density at radius 3 is 2.62 bits per heavy atom. The van der Waals surface area contributed by atoms with Gasteiger partial charge in [0, 0.05) is 20.3 Å². The fourth-order valence-electron chi connectivity index (χ4n) is 1.84. The number of carbonyl (C=O) groups is 2. The van der Waals surface area contributed by atoms with Gasteiger partial charge in [-0.05, 0) is 24.8 Å². The minimum Gasteiger partial charge on any atom is -0.480 e. The lowest BCUT2D eigenvalue weighted by Crippen LogP contribution is -2.46. The predicted molar refractivity (Wildman–Crippen MR) is 79.2 cm³/mol. The number of carboxylic acid groups (broad SMARTS) is 1.